The summed E-state index contributed by atoms with van der Waals surface area (Å²) in [6, 6.07) is 16.0. The zero-order chi connectivity index (χ0) is 24.1. The number of hydrogen-bond acceptors (Lipinski definition) is 4. The number of piperidine rings is 1. The van der Waals surface area contributed by atoms with Gasteiger partial charge in [-0.25, -0.2) is 0 Å². The third-order valence-electron chi connectivity index (χ3n) is 6.97. The summed E-state index contributed by atoms with van der Waals surface area (Å²) in [5.74, 6) is 1.23. The van der Waals surface area contributed by atoms with Gasteiger partial charge in [0.05, 0.1) is 7.11 Å². The lowest BCUT2D eigenvalue weighted by atomic mass is 9.92. The van der Waals surface area contributed by atoms with Crippen LogP contribution in [0.5, 0.6) is 5.75 Å². The van der Waals surface area contributed by atoms with Gasteiger partial charge in [0.2, 0.25) is 11.8 Å². The Hall–Kier alpha value is -2.86. The number of carbonyl (C=O) groups excluding carboxylic acids is 2. The minimum atomic E-state index is -0.437. The van der Waals surface area contributed by atoms with Crippen LogP contribution in [0.1, 0.15) is 49.8 Å². The lowest BCUT2D eigenvalue weighted by Crippen LogP contribution is -2.55. The Labute approximate surface area is 203 Å². The number of nitrogens with zero attached hydrogens (tertiary/aromatic N) is 2. The molecule has 34 heavy (non-hydrogen) atoms. The maximum atomic E-state index is 13.4. The molecule has 0 bridgehead atoms. The van der Waals surface area contributed by atoms with Crippen LogP contribution < -0.4 is 10.1 Å². The summed E-state index contributed by atoms with van der Waals surface area (Å²) in [6.45, 7) is 7.30. The van der Waals surface area contributed by atoms with Gasteiger partial charge >= 0.3 is 0 Å². The normalized spacial score (nSPS) is 19.1. The smallest absolute Gasteiger partial charge is 0.243 e. The molecule has 2 aliphatic rings. The van der Waals surface area contributed by atoms with Crippen LogP contribution in [0.25, 0.3) is 0 Å². The molecule has 6 heteroatoms. The van der Waals surface area contributed by atoms with Gasteiger partial charge in [-0.15, -0.1) is 0 Å². The Bertz CT molecular complexity index is 998. The summed E-state index contributed by atoms with van der Waals surface area (Å²) in [6.07, 6.45) is 2.86. The molecule has 182 valence electrons. The Morgan fingerprint density at radius 3 is 2.41 bits per heavy atom. The fourth-order valence-electron chi connectivity index (χ4n) is 5.09. The van der Waals surface area contributed by atoms with Crippen molar-refractivity contribution in [1.82, 2.24) is 15.1 Å². The van der Waals surface area contributed by atoms with Gasteiger partial charge in [0, 0.05) is 50.6 Å². The van der Waals surface area contributed by atoms with E-state index in [-0.39, 0.29) is 23.8 Å². The van der Waals surface area contributed by atoms with Crippen LogP contribution in [0.15, 0.2) is 48.5 Å². The van der Waals surface area contributed by atoms with Crippen molar-refractivity contribution in [2.45, 2.75) is 64.7 Å². The molecule has 1 atom stereocenters. The molecule has 0 saturated carbocycles. The average molecular weight is 464 g/mol. The molecule has 4 rings (SSSR count). The first kappa shape index (κ1) is 24.3. The fraction of sp³-hybridized carbons (Fsp3) is 0.500. The first-order chi connectivity index (χ1) is 16.4. The molecule has 2 aromatic rings. The van der Waals surface area contributed by atoms with Crippen molar-refractivity contribution in [3.8, 4) is 5.75 Å². The number of methoxy groups -OCH3 is 1. The molecule has 0 radical (unpaired) electrons. The van der Waals surface area contributed by atoms with E-state index in [1.54, 1.807) is 12.0 Å². The molecule has 0 spiro atoms. The van der Waals surface area contributed by atoms with Crippen LogP contribution in [-0.2, 0) is 29.1 Å². The predicted octanol–water partition coefficient (Wildman–Crippen LogP) is 3.78. The number of fused-ring (bicyclic) bond motifs is 1. The van der Waals surface area contributed by atoms with Crippen molar-refractivity contribution >= 4 is 11.8 Å². The molecule has 2 aliphatic heterocycles. The van der Waals surface area contributed by atoms with E-state index in [1.807, 2.05) is 44.2 Å². The highest BCUT2D eigenvalue weighted by Crippen LogP contribution is 2.26. The van der Waals surface area contributed by atoms with E-state index in [1.165, 1.54) is 11.1 Å². The van der Waals surface area contributed by atoms with Gasteiger partial charge in [0.1, 0.15) is 11.8 Å². The Morgan fingerprint density at radius 1 is 1.03 bits per heavy atom. The summed E-state index contributed by atoms with van der Waals surface area (Å²) in [7, 11) is 1.71. The number of carbonyl (C=O) groups is 2. The molecule has 1 saturated heterocycles. The van der Waals surface area contributed by atoms with E-state index >= 15 is 0 Å². The van der Waals surface area contributed by atoms with Crippen molar-refractivity contribution in [1.29, 1.82) is 0 Å². The molecular weight excluding hydrogens is 426 g/mol. The van der Waals surface area contributed by atoms with E-state index in [0.29, 0.717) is 19.4 Å². The quantitative estimate of drug-likeness (QED) is 0.679. The van der Waals surface area contributed by atoms with Crippen molar-refractivity contribution < 1.29 is 14.3 Å². The van der Waals surface area contributed by atoms with Crippen molar-refractivity contribution in [2.24, 2.45) is 5.92 Å². The largest absolute Gasteiger partial charge is 0.496 e. The molecular formula is C28H37N3O3. The number of hydrogen-bond donors (Lipinski definition) is 1. The third kappa shape index (κ3) is 5.79. The molecule has 2 aromatic carbocycles. The van der Waals surface area contributed by atoms with E-state index in [4.69, 9.17) is 4.74 Å². The molecule has 1 N–H and O–H groups in total. The maximum absolute atomic E-state index is 13.4. The SMILES string of the molecule is COc1ccccc1CN1CCC(NC(=O)C2Cc3ccccc3CN2C(=O)CC(C)C)CC1. The van der Waals surface area contributed by atoms with Gasteiger partial charge in [-0.1, -0.05) is 56.3 Å². The number of benzene rings is 2. The minimum absolute atomic E-state index is 0.0187. The number of amides is 2. The third-order valence-corrected chi connectivity index (χ3v) is 6.97. The second-order valence-corrected chi connectivity index (χ2v) is 9.98. The van der Waals surface area contributed by atoms with Gasteiger partial charge in [0.25, 0.3) is 0 Å². The van der Waals surface area contributed by atoms with E-state index < -0.39 is 6.04 Å². The predicted molar refractivity (Wildman–Crippen MR) is 133 cm³/mol. The second-order valence-electron chi connectivity index (χ2n) is 9.98. The van der Waals surface area contributed by atoms with Crippen molar-refractivity contribution in [3.05, 3.63) is 65.2 Å². The summed E-state index contributed by atoms with van der Waals surface area (Å²) >= 11 is 0. The molecule has 2 heterocycles. The lowest BCUT2D eigenvalue weighted by Gasteiger charge is -2.38. The van der Waals surface area contributed by atoms with Crippen LogP contribution in [0, 0.1) is 5.92 Å². The Kier molecular flexibility index (Phi) is 7.88. The van der Waals surface area contributed by atoms with Gasteiger partial charge in [-0.05, 0) is 36.0 Å². The summed E-state index contributed by atoms with van der Waals surface area (Å²) in [5, 5.41) is 3.28. The fourth-order valence-corrected chi connectivity index (χ4v) is 5.09. The Balaban J connectivity index is 1.37. The summed E-state index contributed by atoms with van der Waals surface area (Å²) in [4.78, 5) is 30.6. The maximum Gasteiger partial charge on any atom is 0.243 e. The van der Waals surface area contributed by atoms with E-state index in [9.17, 15) is 9.59 Å². The molecule has 1 fully saturated rings. The van der Waals surface area contributed by atoms with Crippen molar-refractivity contribution in [2.75, 3.05) is 20.2 Å². The molecule has 0 aromatic heterocycles. The first-order valence-corrected chi connectivity index (χ1v) is 12.5. The van der Waals surface area contributed by atoms with Gasteiger partial charge in [-0.3, -0.25) is 14.5 Å². The molecule has 1 unspecified atom stereocenters. The highest BCUT2D eigenvalue weighted by molar-refractivity contribution is 5.88. The van der Waals surface area contributed by atoms with E-state index in [2.05, 4.69) is 28.4 Å². The summed E-state index contributed by atoms with van der Waals surface area (Å²) in [5.41, 5.74) is 3.50. The van der Waals surface area contributed by atoms with Crippen LogP contribution in [0.2, 0.25) is 0 Å². The standard InChI is InChI=1S/C28H37N3O3/c1-20(2)16-27(32)31-19-22-9-5-4-8-21(22)17-25(31)28(33)29-24-12-14-30(15-13-24)18-23-10-6-7-11-26(23)34-3/h4-11,20,24-25H,12-19H2,1-3H3,(H,29,33). The molecule has 6 nitrogen and oxygen atoms in total. The van der Waals surface area contributed by atoms with Crippen LogP contribution >= 0.6 is 0 Å². The topological polar surface area (TPSA) is 61.9 Å². The van der Waals surface area contributed by atoms with E-state index in [0.717, 1.165) is 43.8 Å². The number of nitrogens with one attached hydrogen (secondary N) is 1. The Morgan fingerprint density at radius 2 is 1.71 bits per heavy atom. The van der Waals surface area contributed by atoms with Gasteiger partial charge < -0.3 is 15.0 Å². The average Bonchev–Trinajstić information content (AvgIpc) is 2.84. The lowest BCUT2D eigenvalue weighted by molar-refractivity contribution is -0.142. The zero-order valence-corrected chi connectivity index (χ0v) is 20.6. The zero-order valence-electron chi connectivity index (χ0n) is 20.6. The molecule has 2 amide bonds. The van der Waals surface area contributed by atoms with Crippen LogP contribution in [0.4, 0.5) is 0 Å². The van der Waals surface area contributed by atoms with Gasteiger partial charge in [0.15, 0.2) is 0 Å². The second kappa shape index (κ2) is 11.0. The number of rotatable bonds is 7. The number of para-hydroxylation sites is 1. The number of ether oxygens (including phenoxy) is 1. The highest BCUT2D eigenvalue weighted by atomic mass is 16.5. The first-order valence-electron chi connectivity index (χ1n) is 12.5. The number of likely N-dealkylation sites (tertiary alicyclic amines) is 1. The van der Waals surface area contributed by atoms with Crippen LogP contribution in [-0.4, -0.2) is 53.9 Å². The highest BCUT2D eigenvalue weighted by Gasteiger charge is 2.35. The van der Waals surface area contributed by atoms with Crippen LogP contribution in [0.3, 0.4) is 0 Å². The van der Waals surface area contributed by atoms with Crippen molar-refractivity contribution in [3.63, 3.8) is 0 Å². The monoisotopic (exact) mass is 463 g/mol. The summed E-state index contributed by atoms with van der Waals surface area (Å²) < 4.78 is 5.49. The van der Waals surface area contributed by atoms with Gasteiger partial charge in [-0.2, -0.15) is 0 Å². The molecule has 0 aliphatic carbocycles. The minimum Gasteiger partial charge on any atom is -0.496 e.